The third-order valence-corrected chi connectivity index (χ3v) is 8.64. The smallest absolute Gasteiger partial charge is 0.462 e. The van der Waals surface area contributed by atoms with Gasteiger partial charge < -0.3 is 20.1 Å². The molecule has 0 aromatic carbocycles. The van der Waals surface area contributed by atoms with Gasteiger partial charge in [0, 0.05) is 19.4 Å². The number of carbonyl (C=O) groups is 2. The van der Waals surface area contributed by atoms with Gasteiger partial charge in [0.2, 0.25) is 0 Å². The van der Waals surface area contributed by atoms with Crippen LogP contribution >= 0.6 is 7.82 Å². The largest absolute Gasteiger partial charge is 0.472 e. The SMILES string of the molecule is CC/C=C/C/C=C/C/C=C/C/C=C/C/C=C/CCCCCC(=O)O[C@H](COC(=O)CCCC/C=C/C/C=C/C/C=C/C/C=C/CC)COP(=O)(O)OCCN. The molecule has 0 spiro atoms. The van der Waals surface area contributed by atoms with Crippen LogP contribution in [0.15, 0.2) is 109 Å². The first kappa shape index (κ1) is 51.7. The fraction of sp³-hybridized carbons (Fsp3) is 0.556. The maximum atomic E-state index is 12.6. The number of rotatable bonds is 36. The molecule has 310 valence electrons. The summed E-state index contributed by atoms with van der Waals surface area (Å²) in [5, 5.41) is 0. The third-order valence-electron chi connectivity index (χ3n) is 7.65. The highest BCUT2D eigenvalue weighted by Crippen LogP contribution is 2.43. The van der Waals surface area contributed by atoms with Crippen molar-refractivity contribution in [3.05, 3.63) is 109 Å². The first-order valence-corrected chi connectivity index (χ1v) is 21.9. The molecule has 1 unspecified atom stereocenters. The molecule has 0 fully saturated rings. The Labute approximate surface area is 333 Å². The lowest BCUT2D eigenvalue weighted by Crippen LogP contribution is -2.29. The molecule has 0 radical (unpaired) electrons. The number of carbonyl (C=O) groups excluding carboxylic acids is 2. The van der Waals surface area contributed by atoms with Gasteiger partial charge >= 0.3 is 19.8 Å². The quantitative estimate of drug-likeness (QED) is 0.0275. The molecule has 55 heavy (non-hydrogen) atoms. The topological polar surface area (TPSA) is 134 Å². The number of esters is 2. The van der Waals surface area contributed by atoms with Crippen LogP contribution < -0.4 is 5.73 Å². The van der Waals surface area contributed by atoms with Gasteiger partial charge in [-0.3, -0.25) is 18.6 Å². The molecule has 2 atom stereocenters. The first-order chi connectivity index (χ1) is 26.8. The average molecular weight is 786 g/mol. The number of unbranched alkanes of at least 4 members (excludes halogenated alkanes) is 5. The van der Waals surface area contributed by atoms with Crippen molar-refractivity contribution < 1.29 is 37.6 Å². The Bertz CT molecular complexity index is 1260. The number of phosphoric acid groups is 1. The highest BCUT2D eigenvalue weighted by atomic mass is 31.2. The molecule has 0 aromatic heterocycles. The van der Waals surface area contributed by atoms with E-state index in [1.165, 1.54) is 0 Å². The highest BCUT2D eigenvalue weighted by molar-refractivity contribution is 7.47. The second kappa shape index (κ2) is 40.3. The van der Waals surface area contributed by atoms with Crippen molar-refractivity contribution in [3.8, 4) is 0 Å². The van der Waals surface area contributed by atoms with E-state index in [-0.39, 0.29) is 32.6 Å². The highest BCUT2D eigenvalue weighted by Gasteiger charge is 2.25. The van der Waals surface area contributed by atoms with E-state index < -0.39 is 32.5 Å². The number of hydrogen-bond acceptors (Lipinski definition) is 8. The Morgan fingerprint density at radius 2 is 0.945 bits per heavy atom. The van der Waals surface area contributed by atoms with E-state index in [0.29, 0.717) is 12.8 Å². The van der Waals surface area contributed by atoms with E-state index in [9.17, 15) is 19.0 Å². The molecular formula is C45H72NO8P. The van der Waals surface area contributed by atoms with Gasteiger partial charge in [-0.25, -0.2) is 4.57 Å². The molecule has 0 rings (SSSR count). The summed E-state index contributed by atoms with van der Waals surface area (Å²) in [4.78, 5) is 34.8. The molecule has 0 saturated heterocycles. The van der Waals surface area contributed by atoms with Crippen molar-refractivity contribution in [1.82, 2.24) is 0 Å². The minimum absolute atomic E-state index is 0.0350. The Hall–Kier alpha value is -3.33. The van der Waals surface area contributed by atoms with E-state index in [0.717, 1.165) is 89.9 Å². The average Bonchev–Trinajstić information content (AvgIpc) is 3.17. The molecule has 0 heterocycles. The summed E-state index contributed by atoms with van der Waals surface area (Å²) in [5.74, 6) is -0.930. The van der Waals surface area contributed by atoms with Crippen LogP contribution in [-0.2, 0) is 32.7 Å². The molecule has 0 aliphatic carbocycles. The van der Waals surface area contributed by atoms with Crippen molar-refractivity contribution in [1.29, 1.82) is 0 Å². The van der Waals surface area contributed by atoms with Crippen LogP contribution in [0.4, 0.5) is 0 Å². The van der Waals surface area contributed by atoms with Gasteiger partial charge in [0.05, 0.1) is 13.2 Å². The molecule has 9 nitrogen and oxygen atoms in total. The van der Waals surface area contributed by atoms with Gasteiger partial charge in [-0.05, 0) is 96.3 Å². The standard InChI is InChI=1S/C45H72NO8P/c1-3-5-7-9-11-13-15-17-19-20-21-22-24-26-28-30-32-34-36-38-45(48)54-43(42-53-55(49,50)52-40-39-46)41-51-44(47)37-35-33-31-29-27-25-23-18-16-14-12-10-8-6-4-2/h5-8,11-14,17-19,21-23,26-29,43H,3-4,9-10,15-16,20,24-25,30-42,46H2,1-2H3,(H,49,50)/b7-5+,8-6+,13-11+,14-12+,19-17+,22-21+,23-18+,28-26+,29-27+/t43-/m1/s1. The predicted molar refractivity (Wildman–Crippen MR) is 228 cm³/mol. The van der Waals surface area contributed by atoms with E-state index in [2.05, 4.69) is 123 Å². The van der Waals surface area contributed by atoms with Crippen molar-refractivity contribution in [2.75, 3.05) is 26.4 Å². The minimum Gasteiger partial charge on any atom is -0.462 e. The third kappa shape index (κ3) is 40.2. The van der Waals surface area contributed by atoms with Crippen molar-refractivity contribution >= 4 is 19.8 Å². The van der Waals surface area contributed by atoms with Gasteiger partial charge in [-0.1, -0.05) is 130 Å². The number of allylic oxidation sites excluding steroid dienone is 18. The Morgan fingerprint density at radius 1 is 0.545 bits per heavy atom. The number of hydrogen-bond donors (Lipinski definition) is 2. The maximum Gasteiger partial charge on any atom is 0.472 e. The summed E-state index contributed by atoms with van der Waals surface area (Å²) in [5.41, 5.74) is 5.33. The Kier molecular flexibility index (Phi) is 37.9. The van der Waals surface area contributed by atoms with Crippen LogP contribution in [0.2, 0.25) is 0 Å². The molecule has 3 N–H and O–H groups in total. The summed E-state index contributed by atoms with van der Waals surface area (Å²) in [6, 6.07) is 0. The summed E-state index contributed by atoms with van der Waals surface area (Å²) in [7, 11) is -4.40. The lowest BCUT2D eigenvalue weighted by molar-refractivity contribution is -0.161. The van der Waals surface area contributed by atoms with Crippen molar-refractivity contribution in [2.24, 2.45) is 5.73 Å². The monoisotopic (exact) mass is 785 g/mol. The molecule has 0 aromatic rings. The molecular weight excluding hydrogens is 713 g/mol. The van der Waals surface area contributed by atoms with Crippen molar-refractivity contribution in [2.45, 2.75) is 136 Å². The lowest BCUT2D eigenvalue weighted by atomic mass is 10.1. The molecule has 0 amide bonds. The number of nitrogens with two attached hydrogens (primary N) is 1. The summed E-state index contributed by atoms with van der Waals surface area (Å²) < 4.78 is 32.6. The molecule has 0 saturated carbocycles. The molecule has 0 aliphatic rings. The second-order valence-electron chi connectivity index (χ2n) is 12.7. The fourth-order valence-electron chi connectivity index (χ4n) is 4.71. The van der Waals surface area contributed by atoms with E-state index in [1.54, 1.807) is 0 Å². The lowest BCUT2D eigenvalue weighted by Gasteiger charge is -2.19. The molecule has 10 heteroatoms. The van der Waals surface area contributed by atoms with Crippen LogP contribution in [0.25, 0.3) is 0 Å². The van der Waals surface area contributed by atoms with Crippen LogP contribution in [0.5, 0.6) is 0 Å². The summed E-state index contributed by atoms with van der Waals surface area (Å²) in [6.07, 6.45) is 52.7. The van der Waals surface area contributed by atoms with E-state index in [4.69, 9.17) is 24.3 Å². The van der Waals surface area contributed by atoms with Crippen LogP contribution in [0, 0.1) is 0 Å². The zero-order valence-electron chi connectivity index (χ0n) is 33.9. The van der Waals surface area contributed by atoms with Crippen LogP contribution in [0.3, 0.4) is 0 Å². The van der Waals surface area contributed by atoms with E-state index >= 15 is 0 Å². The first-order valence-electron chi connectivity index (χ1n) is 20.4. The summed E-state index contributed by atoms with van der Waals surface area (Å²) >= 11 is 0. The van der Waals surface area contributed by atoms with Crippen molar-refractivity contribution in [3.63, 3.8) is 0 Å². The van der Waals surface area contributed by atoms with Gasteiger partial charge in [-0.2, -0.15) is 0 Å². The zero-order chi connectivity index (χ0) is 40.3. The normalized spacial score (nSPS) is 14.5. The Balaban J connectivity index is 4.36. The Morgan fingerprint density at radius 3 is 1.40 bits per heavy atom. The van der Waals surface area contributed by atoms with Gasteiger partial charge in [0.1, 0.15) is 6.61 Å². The molecule has 0 bridgehead atoms. The van der Waals surface area contributed by atoms with Gasteiger partial charge in [0.25, 0.3) is 0 Å². The zero-order valence-corrected chi connectivity index (χ0v) is 34.7. The molecule has 0 aliphatic heterocycles. The fourth-order valence-corrected chi connectivity index (χ4v) is 5.47. The second-order valence-corrected chi connectivity index (χ2v) is 14.2. The summed E-state index contributed by atoms with van der Waals surface area (Å²) in [6.45, 7) is 3.37. The van der Waals surface area contributed by atoms with Gasteiger partial charge in [-0.15, -0.1) is 0 Å². The maximum absolute atomic E-state index is 12.6. The van der Waals surface area contributed by atoms with Gasteiger partial charge in [0.15, 0.2) is 6.10 Å². The van der Waals surface area contributed by atoms with E-state index in [1.807, 2.05) is 0 Å². The van der Waals surface area contributed by atoms with Crippen LogP contribution in [-0.4, -0.2) is 49.3 Å². The van der Waals surface area contributed by atoms with Crippen LogP contribution in [0.1, 0.15) is 129 Å². The predicted octanol–water partition coefficient (Wildman–Crippen LogP) is 11.6. The number of ether oxygens (including phenoxy) is 2. The number of phosphoric ester groups is 1. The minimum atomic E-state index is -4.40.